The van der Waals surface area contributed by atoms with Crippen LogP contribution in [0.2, 0.25) is 5.02 Å². The van der Waals surface area contributed by atoms with Crippen LogP contribution >= 0.6 is 11.6 Å². The van der Waals surface area contributed by atoms with Crippen LogP contribution in [-0.4, -0.2) is 31.2 Å². The Morgan fingerprint density at radius 2 is 2.40 bits per heavy atom. The van der Waals surface area contributed by atoms with E-state index in [-0.39, 0.29) is 24.6 Å². The first-order chi connectivity index (χ1) is 9.61. The molecular weight excluding hydrogens is 276 g/mol. The summed E-state index contributed by atoms with van der Waals surface area (Å²) >= 11 is 6.11. The van der Waals surface area contributed by atoms with Crippen LogP contribution in [0.5, 0.6) is 0 Å². The lowest BCUT2D eigenvalue weighted by atomic mass is 10.1. The van der Waals surface area contributed by atoms with E-state index in [1.807, 2.05) is 6.92 Å². The molecule has 2 unspecified atom stereocenters. The van der Waals surface area contributed by atoms with Crippen molar-refractivity contribution < 1.29 is 9.53 Å². The Kier molecular flexibility index (Phi) is 5.02. The third-order valence-electron chi connectivity index (χ3n) is 3.25. The second-order valence-corrected chi connectivity index (χ2v) is 5.05. The molecule has 3 N–H and O–H groups in total. The molecule has 2 atom stereocenters. The van der Waals surface area contributed by atoms with Crippen molar-refractivity contribution in [2.45, 2.75) is 25.5 Å². The maximum Gasteiger partial charge on any atom is 0.251 e. The van der Waals surface area contributed by atoms with Gasteiger partial charge in [-0.05, 0) is 31.5 Å². The zero-order valence-electron chi connectivity index (χ0n) is 11.3. The van der Waals surface area contributed by atoms with E-state index in [1.54, 1.807) is 18.2 Å². The molecule has 1 heterocycles. The van der Waals surface area contributed by atoms with E-state index in [0.717, 1.165) is 6.42 Å². The number of nitrogens with one attached hydrogen (secondary N) is 1. The molecule has 0 radical (unpaired) electrons. The molecule has 0 aliphatic carbocycles. The van der Waals surface area contributed by atoms with E-state index in [1.165, 1.54) is 0 Å². The summed E-state index contributed by atoms with van der Waals surface area (Å²) in [5, 5.41) is 3.41. The molecule has 1 aromatic rings. The van der Waals surface area contributed by atoms with Crippen LogP contribution in [0.1, 0.15) is 29.3 Å². The summed E-state index contributed by atoms with van der Waals surface area (Å²) in [7, 11) is 0. The lowest BCUT2D eigenvalue weighted by Crippen LogP contribution is -2.39. The molecule has 20 heavy (non-hydrogen) atoms. The lowest BCUT2D eigenvalue weighted by Gasteiger charge is -2.16. The number of rotatable bonds is 2. The van der Waals surface area contributed by atoms with Crippen molar-refractivity contribution in [2.24, 2.45) is 5.73 Å². The van der Waals surface area contributed by atoms with Crippen molar-refractivity contribution in [1.82, 2.24) is 5.32 Å². The number of amides is 1. The van der Waals surface area contributed by atoms with E-state index in [4.69, 9.17) is 22.1 Å². The molecular formula is C15H17ClN2O2. The zero-order chi connectivity index (χ0) is 14.5. The highest BCUT2D eigenvalue weighted by atomic mass is 35.5. The number of nitrogens with two attached hydrogens (primary N) is 1. The highest BCUT2D eigenvalue weighted by Gasteiger charge is 2.26. The summed E-state index contributed by atoms with van der Waals surface area (Å²) in [4.78, 5) is 12.1. The molecule has 1 aliphatic rings. The molecule has 1 aromatic carbocycles. The Bertz CT molecular complexity index is 563. The van der Waals surface area contributed by atoms with Crippen molar-refractivity contribution in [2.75, 3.05) is 13.2 Å². The quantitative estimate of drug-likeness (QED) is 0.813. The number of hydrogen-bond acceptors (Lipinski definition) is 3. The van der Waals surface area contributed by atoms with Crippen LogP contribution < -0.4 is 11.1 Å². The van der Waals surface area contributed by atoms with Crippen molar-refractivity contribution in [1.29, 1.82) is 0 Å². The van der Waals surface area contributed by atoms with Crippen LogP contribution in [0.4, 0.5) is 0 Å². The summed E-state index contributed by atoms with van der Waals surface area (Å²) < 4.78 is 5.42. The van der Waals surface area contributed by atoms with Gasteiger partial charge in [0.2, 0.25) is 0 Å². The first-order valence-corrected chi connectivity index (χ1v) is 6.90. The van der Waals surface area contributed by atoms with Crippen LogP contribution in [0.3, 0.4) is 0 Å². The Morgan fingerprint density at radius 3 is 3.00 bits per heavy atom. The molecule has 0 saturated carbocycles. The monoisotopic (exact) mass is 292 g/mol. The van der Waals surface area contributed by atoms with Gasteiger partial charge in [0.25, 0.3) is 5.91 Å². The number of carbonyl (C=O) groups is 1. The Hall–Kier alpha value is -1.54. The van der Waals surface area contributed by atoms with Crippen molar-refractivity contribution >= 4 is 17.5 Å². The number of ether oxygens (including phenoxy) is 1. The van der Waals surface area contributed by atoms with Crippen LogP contribution in [0.15, 0.2) is 18.2 Å². The summed E-state index contributed by atoms with van der Waals surface area (Å²) in [5.74, 6) is 5.45. The maximum absolute atomic E-state index is 12.1. The molecule has 4 nitrogen and oxygen atoms in total. The van der Waals surface area contributed by atoms with E-state index in [9.17, 15) is 4.79 Å². The molecule has 1 aliphatic heterocycles. The van der Waals surface area contributed by atoms with Gasteiger partial charge in [-0.25, -0.2) is 0 Å². The highest BCUT2D eigenvalue weighted by molar-refractivity contribution is 6.32. The molecule has 1 amide bonds. The number of hydrogen-bond donors (Lipinski definition) is 2. The second kappa shape index (κ2) is 6.76. The largest absolute Gasteiger partial charge is 0.376 e. The predicted octanol–water partition coefficient (Wildman–Crippen LogP) is 1.56. The Morgan fingerprint density at radius 1 is 1.60 bits per heavy atom. The standard InChI is InChI=1S/C15H17ClN2O2/c1-10-14(6-8-20-10)18-15(19)12-5-4-11(3-2-7-17)13(16)9-12/h4-5,9-10,14H,6-8,17H2,1H3,(H,18,19). The van der Waals surface area contributed by atoms with Gasteiger partial charge in [0.05, 0.1) is 23.7 Å². The normalized spacial score (nSPS) is 21.1. The van der Waals surface area contributed by atoms with E-state index in [2.05, 4.69) is 17.2 Å². The van der Waals surface area contributed by atoms with Crippen LogP contribution in [-0.2, 0) is 4.74 Å². The van der Waals surface area contributed by atoms with Gasteiger partial charge in [0.15, 0.2) is 0 Å². The minimum absolute atomic E-state index is 0.0455. The van der Waals surface area contributed by atoms with Crippen molar-refractivity contribution in [3.05, 3.63) is 34.3 Å². The molecule has 0 bridgehead atoms. The highest BCUT2D eigenvalue weighted by Crippen LogP contribution is 2.18. The number of benzene rings is 1. The Balaban J connectivity index is 2.09. The fourth-order valence-corrected chi connectivity index (χ4v) is 2.30. The minimum Gasteiger partial charge on any atom is -0.376 e. The molecule has 2 rings (SSSR count). The van der Waals surface area contributed by atoms with Gasteiger partial charge in [0.1, 0.15) is 0 Å². The van der Waals surface area contributed by atoms with Gasteiger partial charge in [-0.1, -0.05) is 23.4 Å². The van der Waals surface area contributed by atoms with Crippen molar-refractivity contribution in [3.63, 3.8) is 0 Å². The molecule has 5 heteroatoms. The summed E-state index contributed by atoms with van der Waals surface area (Å²) in [5.41, 5.74) is 6.51. The third-order valence-corrected chi connectivity index (χ3v) is 3.56. The maximum atomic E-state index is 12.1. The molecule has 106 valence electrons. The second-order valence-electron chi connectivity index (χ2n) is 4.65. The first-order valence-electron chi connectivity index (χ1n) is 6.52. The van der Waals surface area contributed by atoms with Crippen LogP contribution in [0.25, 0.3) is 0 Å². The smallest absolute Gasteiger partial charge is 0.251 e. The Labute approximate surface area is 123 Å². The average Bonchev–Trinajstić information content (AvgIpc) is 2.83. The fourth-order valence-electron chi connectivity index (χ4n) is 2.08. The van der Waals surface area contributed by atoms with E-state index < -0.39 is 0 Å². The van der Waals surface area contributed by atoms with Gasteiger partial charge in [-0.15, -0.1) is 0 Å². The number of halogens is 1. The molecule has 0 spiro atoms. The minimum atomic E-state index is -0.146. The average molecular weight is 293 g/mol. The predicted molar refractivity (Wildman–Crippen MR) is 78.7 cm³/mol. The summed E-state index contributed by atoms with van der Waals surface area (Å²) in [6, 6.07) is 5.12. The van der Waals surface area contributed by atoms with Crippen molar-refractivity contribution in [3.8, 4) is 11.8 Å². The van der Waals surface area contributed by atoms with E-state index in [0.29, 0.717) is 22.8 Å². The SMILES string of the molecule is CC1OCCC1NC(=O)c1ccc(C#CCN)c(Cl)c1. The fraction of sp³-hybridized carbons (Fsp3) is 0.400. The van der Waals surface area contributed by atoms with Gasteiger partial charge in [0, 0.05) is 17.7 Å². The van der Waals surface area contributed by atoms with Gasteiger partial charge < -0.3 is 15.8 Å². The summed E-state index contributed by atoms with van der Waals surface area (Å²) in [6.45, 7) is 2.91. The molecule has 0 aromatic heterocycles. The van der Waals surface area contributed by atoms with Gasteiger partial charge >= 0.3 is 0 Å². The molecule has 1 saturated heterocycles. The molecule has 1 fully saturated rings. The van der Waals surface area contributed by atoms with Crippen LogP contribution in [0, 0.1) is 11.8 Å². The number of carbonyl (C=O) groups excluding carboxylic acids is 1. The lowest BCUT2D eigenvalue weighted by molar-refractivity contribution is 0.0866. The third kappa shape index (κ3) is 3.51. The zero-order valence-corrected chi connectivity index (χ0v) is 12.0. The first kappa shape index (κ1) is 14.9. The summed E-state index contributed by atoms with van der Waals surface area (Å²) in [6.07, 6.45) is 0.880. The van der Waals surface area contributed by atoms with Gasteiger partial charge in [-0.2, -0.15) is 0 Å². The van der Waals surface area contributed by atoms with E-state index >= 15 is 0 Å². The van der Waals surface area contributed by atoms with Gasteiger partial charge in [-0.3, -0.25) is 4.79 Å². The topological polar surface area (TPSA) is 64.3 Å².